The molecule has 0 atom stereocenters. The third kappa shape index (κ3) is 51.7. The standard InChI is InChI=1S/3C5H11NS2.Ru/c3*1-2-3-4-6-5(7)8;/h3*2-4H2,1H3,(H2,6,7,8);/q;;;+3/p-3. The molecule has 0 aromatic carbocycles. The van der Waals surface area contributed by atoms with E-state index >= 15 is 0 Å². The van der Waals surface area contributed by atoms with E-state index in [9.17, 15) is 0 Å². The summed E-state index contributed by atoms with van der Waals surface area (Å²) >= 11 is 27.7. The second-order valence-electron chi connectivity index (χ2n) is 4.70. The molecule has 0 unspecified atom stereocenters. The first kappa shape index (κ1) is 33.5. The second kappa shape index (κ2) is 29.7. The minimum Gasteiger partial charge on any atom is -0.412 e. The summed E-state index contributed by atoms with van der Waals surface area (Å²) in [5, 5.41) is 8.68. The van der Waals surface area contributed by atoms with Crippen molar-refractivity contribution in [1.82, 2.24) is 16.0 Å². The van der Waals surface area contributed by atoms with Crippen LogP contribution in [0.5, 0.6) is 0 Å². The van der Waals surface area contributed by atoms with Gasteiger partial charge in [-0.05, 0) is 19.3 Å². The Balaban J connectivity index is -0.000000130. The van der Waals surface area contributed by atoms with Crippen molar-refractivity contribution in [2.45, 2.75) is 59.3 Å². The summed E-state index contributed by atoms with van der Waals surface area (Å²) in [7, 11) is 0. The maximum absolute atomic E-state index is 4.61. The smallest absolute Gasteiger partial charge is 0.412 e. The molecule has 0 bridgehead atoms. The quantitative estimate of drug-likeness (QED) is 0.174. The molecule has 0 rings (SSSR count). The molecule has 0 amide bonds. The van der Waals surface area contributed by atoms with Gasteiger partial charge in [0.2, 0.25) is 0 Å². The van der Waals surface area contributed by atoms with Gasteiger partial charge in [0.05, 0.1) is 0 Å². The van der Waals surface area contributed by atoms with Gasteiger partial charge in [-0.2, -0.15) is 0 Å². The molecule has 0 spiro atoms. The predicted molar refractivity (Wildman–Crippen MR) is 129 cm³/mol. The van der Waals surface area contributed by atoms with Gasteiger partial charge in [-0.1, -0.05) is 53.0 Å². The number of rotatable bonds is 9. The Morgan fingerprint density at radius 2 is 0.800 bits per heavy atom. The van der Waals surface area contributed by atoms with Crippen molar-refractivity contribution < 1.29 is 19.5 Å². The summed E-state index contributed by atoms with van der Waals surface area (Å²) in [5.41, 5.74) is 0. The number of hydrogen-bond donors (Lipinski definition) is 3. The van der Waals surface area contributed by atoms with Crippen LogP contribution in [0.1, 0.15) is 59.3 Å². The van der Waals surface area contributed by atoms with E-state index in [2.05, 4.69) is 111 Å². The van der Waals surface area contributed by atoms with E-state index in [1.54, 1.807) is 0 Å². The van der Waals surface area contributed by atoms with Gasteiger partial charge in [0.25, 0.3) is 0 Å². The summed E-state index contributed by atoms with van der Waals surface area (Å²) in [6, 6.07) is 0. The van der Waals surface area contributed by atoms with Crippen molar-refractivity contribution >= 4 is 87.5 Å². The Kier molecular flexibility index (Phi) is 39.8. The summed E-state index contributed by atoms with van der Waals surface area (Å²) < 4.78 is 1.45. The van der Waals surface area contributed by atoms with Crippen molar-refractivity contribution in [2.75, 3.05) is 19.6 Å². The summed E-state index contributed by atoms with van der Waals surface area (Å²) in [6.45, 7) is 9.19. The molecule has 149 valence electrons. The summed E-state index contributed by atoms with van der Waals surface area (Å²) in [4.78, 5) is 0. The second-order valence-corrected chi connectivity index (χ2v) is 7.93. The van der Waals surface area contributed by atoms with Crippen molar-refractivity contribution in [2.24, 2.45) is 0 Å². The number of unbranched alkanes of at least 4 members (excludes halogenated alkanes) is 3. The van der Waals surface area contributed by atoms with Crippen LogP contribution in [0.4, 0.5) is 0 Å². The van der Waals surface area contributed by atoms with Crippen LogP contribution in [0.25, 0.3) is 0 Å². The largest absolute Gasteiger partial charge is 3.00 e. The predicted octanol–water partition coefficient (Wildman–Crippen LogP) is 3.62. The molecule has 0 saturated carbocycles. The molecule has 0 aromatic rings. The molecule has 0 aliphatic heterocycles. The fraction of sp³-hybridized carbons (Fsp3) is 0.800. The van der Waals surface area contributed by atoms with Gasteiger partial charge >= 0.3 is 19.5 Å². The molecule has 0 aromatic heterocycles. The zero-order valence-electron chi connectivity index (χ0n) is 15.2. The zero-order valence-corrected chi connectivity index (χ0v) is 21.8. The van der Waals surface area contributed by atoms with Gasteiger partial charge in [0.1, 0.15) is 0 Å². The average molecular weight is 546 g/mol. The van der Waals surface area contributed by atoms with Gasteiger partial charge in [-0.15, -0.1) is 0 Å². The number of hydrogen-bond acceptors (Lipinski definition) is 6. The van der Waals surface area contributed by atoms with Gasteiger partial charge in [-0.25, -0.2) is 0 Å². The average Bonchev–Trinajstić information content (AvgIpc) is 2.48. The van der Waals surface area contributed by atoms with Crippen molar-refractivity contribution in [3.63, 3.8) is 0 Å². The maximum Gasteiger partial charge on any atom is 3.00 e. The molecular weight excluding hydrogens is 516 g/mol. The molecule has 1 radical (unpaired) electrons. The SMILES string of the molecule is CCCCNC(=S)[S-].CCCCNC(=S)[S-].CCCCNC(=S)[S-].[Ru+3]. The zero-order chi connectivity index (χ0) is 19.2. The molecule has 3 N–H and O–H groups in total. The summed E-state index contributed by atoms with van der Waals surface area (Å²) in [6.07, 6.45) is 7.01. The molecule has 25 heavy (non-hydrogen) atoms. The Morgan fingerprint density at radius 1 is 0.600 bits per heavy atom. The fourth-order valence-corrected chi connectivity index (χ4v) is 1.71. The van der Waals surface area contributed by atoms with E-state index in [4.69, 9.17) is 0 Å². The summed E-state index contributed by atoms with van der Waals surface area (Å²) in [5.74, 6) is 0. The van der Waals surface area contributed by atoms with Gasteiger partial charge in [0.15, 0.2) is 0 Å². The van der Waals surface area contributed by atoms with E-state index in [1.807, 2.05) is 0 Å². The molecule has 10 heteroatoms. The van der Waals surface area contributed by atoms with E-state index in [0.29, 0.717) is 13.0 Å². The Hall–Kier alpha value is 0.953. The van der Waals surface area contributed by atoms with Crippen molar-refractivity contribution in [3.8, 4) is 0 Å². The van der Waals surface area contributed by atoms with Crippen LogP contribution >= 0.6 is 36.7 Å². The molecule has 3 nitrogen and oxygen atoms in total. The normalized spacial score (nSPS) is 8.28. The van der Waals surface area contributed by atoms with Gasteiger partial charge in [0, 0.05) is 19.6 Å². The van der Waals surface area contributed by atoms with Crippen LogP contribution in [0.3, 0.4) is 0 Å². The minimum absolute atomic E-state index is 0. The Labute approximate surface area is 200 Å². The molecular formula is C15H30N3RuS6. The third-order valence-electron chi connectivity index (χ3n) is 2.40. The first-order chi connectivity index (χ1) is 11.3. The minimum atomic E-state index is 0. The van der Waals surface area contributed by atoms with E-state index in [0.717, 1.165) is 38.9 Å². The van der Waals surface area contributed by atoms with Crippen molar-refractivity contribution in [3.05, 3.63) is 0 Å². The van der Waals surface area contributed by atoms with Crippen LogP contribution in [-0.2, 0) is 57.4 Å². The monoisotopic (exact) mass is 546 g/mol. The molecule has 0 aliphatic carbocycles. The van der Waals surface area contributed by atoms with Crippen LogP contribution < -0.4 is 16.0 Å². The molecule has 0 heterocycles. The maximum atomic E-state index is 4.61. The van der Waals surface area contributed by atoms with E-state index < -0.39 is 0 Å². The van der Waals surface area contributed by atoms with Crippen LogP contribution in [0, 0.1) is 0 Å². The first-order valence-corrected chi connectivity index (χ1v) is 10.6. The topological polar surface area (TPSA) is 36.1 Å². The van der Waals surface area contributed by atoms with Crippen LogP contribution in [0.15, 0.2) is 0 Å². The Bertz CT molecular complexity index is 272. The fourth-order valence-electron chi connectivity index (χ4n) is 1.10. The number of nitrogens with one attached hydrogen (secondary N) is 3. The molecule has 0 fully saturated rings. The Morgan fingerprint density at radius 3 is 0.920 bits per heavy atom. The van der Waals surface area contributed by atoms with Gasteiger partial charge < -0.3 is 90.5 Å². The van der Waals surface area contributed by atoms with Gasteiger partial charge in [-0.3, -0.25) is 0 Å². The third-order valence-corrected chi connectivity index (χ3v) is 3.27. The first-order valence-electron chi connectivity index (χ1n) is 8.16. The molecule has 0 aliphatic rings. The molecule has 0 saturated heterocycles. The number of thiocarbonyl (C=S) groups is 3. The van der Waals surface area contributed by atoms with Crippen LogP contribution in [-0.4, -0.2) is 32.6 Å². The van der Waals surface area contributed by atoms with Crippen molar-refractivity contribution in [1.29, 1.82) is 0 Å². The van der Waals surface area contributed by atoms with Crippen LogP contribution in [0.2, 0.25) is 0 Å². The van der Waals surface area contributed by atoms with E-state index in [1.165, 1.54) is 19.3 Å². The van der Waals surface area contributed by atoms with E-state index in [-0.39, 0.29) is 19.5 Å².